The van der Waals surface area contributed by atoms with E-state index >= 15 is 0 Å². The van der Waals surface area contributed by atoms with Crippen molar-refractivity contribution < 1.29 is 9.53 Å². The fourth-order valence-corrected chi connectivity index (χ4v) is 5.42. The molecule has 3 aliphatic carbocycles. The van der Waals surface area contributed by atoms with E-state index in [0.717, 1.165) is 25.2 Å². The molecule has 3 saturated carbocycles. The summed E-state index contributed by atoms with van der Waals surface area (Å²) >= 11 is 2.12. The molecule has 0 aliphatic heterocycles. The molecule has 0 bridgehead atoms. The molecule has 0 aromatic carbocycles. The third-order valence-electron chi connectivity index (χ3n) is 5.24. The van der Waals surface area contributed by atoms with Gasteiger partial charge in [-0.1, -0.05) is 12.8 Å². The molecule has 0 saturated heterocycles. The first-order valence-corrected chi connectivity index (χ1v) is 9.83. The Bertz CT molecular complexity index is 366. The van der Waals surface area contributed by atoms with Crippen molar-refractivity contribution in [1.29, 1.82) is 0 Å². The van der Waals surface area contributed by atoms with Crippen LogP contribution in [0.2, 0.25) is 0 Å². The highest BCUT2D eigenvalue weighted by Gasteiger charge is 2.49. The molecular formula is C17H29NO2S. The van der Waals surface area contributed by atoms with Crippen molar-refractivity contribution in [2.24, 2.45) is 5.92 Å². The van der Waals surface area contributed by atoms with Gasteiger partial charge in [0.15, 0.2) is 0 Å². The molecule has 21 heavy (non-hydrogen) atoms. The summed E-state index contributed by atoms with van der Waals surface area (Å²) in [5.74, 6) is 2.23. The Morgan fingerprint density at radius 3 is 2.67 bits per heavy atom. The smallest absolute Gasteiger partial charge is 0.326 e. The number of carbonyl (C=O) groups is 1. The van der Waals surface area contributed by atoms with Gasteiger partial charge < -0.3 is 4.74 Å². The van der Waals surface area contributed by atoms with Crippen LogP contribution in [0.5, 0.6) is 0 Å². The van der Waals surface area contributed by atoms with Crippen LogP contribution in [0, 0.1) is 5.92 Å². The van der Waals surface area contributed by atoms with Crippen LogP contribution >= 0.6 is 11.8 Å². The third-order valence-corrected chi connectivity index (χ3v) is 6.77. The predicted octanol–water partition coefficient (Wildman–Crippen LogP) is 3.52. The number of esters is 1. The average molecular weight is 311 g/mol. The molecule has 4 heteroatoms. The van der Waals surface area contributed by atoms with Gasteiger partial charge in [0.1, 0.15) is 5.54 Å². The molecular weight excluding hydrogens is 282 g/mol. The van der Waals surface area contributed by atoms with E-state index < -0.39 is 0 Å². The highest BCUT2D eigenvalue weighted by atomic mass is 32.2. The summed E-state index contributed by atoms with van der Waals surface area (Å²) in [5, 5.41) is 4.26. The van der Waals surface area contributed by atoms with Gasteiger partial charge in [-0.3, -0.25) is 10.1 Å². The van der Waals surface area contributed by atoms with Gasteiger partial charge in [-0.25, -0.2) is 0 Å². The lowest BCUT2D eigenvalue weighted by Gasteiger charge is -2.28. The normalized spacial score (nSPS) is 33.5. The zero-order chi connectivity index (χ0) is 14.7. The van der Waals surface area contributed by atoms with Crippen molar-refractivity contribution >= 4 is 17.7 Å². The molecule has 0 spiro atoms. The Morgan fingerprint density at radius 1 is 1.24 bits per heavy atom. The van der Waals surface area contributed by atoms with Crippen LogP contribution in [0.4, 0.5) is 0 Å². The summed E-state index contributed by atoms with van der Waals surface area (Å²) in [6.45, 7) is 2.40. The lowest BCUT2D eigenvalue weighted by atomic mass is 9.97. The Labute approximate surface area is 133 Å². The highest BCUT2D eigenvalue weighted by molar-refractivity contribution is 7.99. The molecule has 3 nitrogen and oxygen atoms in total. The topological polar surface area (TPSA) is 38.3 Å². The Balaban J connectivity index is 1.53. The Kier molecular flexibility index (Phi) is 5.15. The van der Waals surface area contributed by atoms with E-state index in [9.17, 15) is 4.79 Å². The van der Waals surface area contributed by atoms with E-state index in [-0.39, 0.29) is 11.5 Å². The number of nitrogens with one attached hydrogen (secondary N) is 1. The van der Waals surface area contributed by atoms with Gasteiger partial charge in [0.2, 0.25) is 0 Å². The largest absolute Gasteiger partial charge is 0.465 e. The number of carbonyl (C=O) groups excluding carboxylic acids is 1. The molecule has 3 fully saturated rings. The van der Waals surface area contributed by atoms with E-state index in [2.05, 4.69) is 17.1 Å². The average Bonchev–Trinajstić information content (AvgIpc) is 2.98. The number of thioether (sulfide) groups is 1. The second kappa shape index (κ2) is 6.91. The summed E-state index contributed by atoms with van der Waals surface area (Å²) < 4.78 is 5.37. The maximum Gasteiger partial charge on any atom is 0.326 e. The first-order chi connectivity index (χ1) is 10.2. The number of hydrogen-bond acceptors (Lipinski definition) is 4. The predicted molar refractivity (Wildman–Crippen MR) is 87.6 cm³/mol. The van der Waals surface area contributed by atoms with Crippen molar-refractivity contribution in [2.75, 3.05) is 12.4 Å². The minimum absolute atomic E-state index is 0.000802. The maximum atomic E-state index is 12.4. The fourth-order valence-electron chi connectivity index (χ4n) is 3.85. The summed E-state index contributed by atoms with van der Waals surface area (Å²) in [7, 11) is 0. The van der Waals surface area contributed by atoms with E-state index in [4.69, 9.17) is 4.74 Å². The zero-order valence-corrected chi connectivity index (χ0v) is 14.1. The van der Waals surface area contributed by atoms with Crippen LogP contribution < -0.4 is 5.32 Å². The summed E-state index contributed by atoms with van der Waals surface area (Å²) in [5.41, 5.74) is -0.371. The Morgan fingerprint density at radius 2 is 2.00 bits per heavy atom. The SMILES string of the molecule is CCOC(=O)C1(NC2CC2)CCC(SCC2CCCC2)C1. The third kappa shape index (κ3) is 3.95. The van der Waals surface area contributed by atoms with Gasteiger partial charge in [-0.15, -0.1) is 0 Å². The molecule has 1 N–H and O–H groups in total. The first kappa shape index (κ1) is 15.7. The lowest BCUT2D eigenvalue weighted by molar-refractivity contribution is -0.151. The minimum Gasteiger partial charge on any atom is -0.465 e. The molecule has 0 aromatic heterocycles. The molecule has 0 aromatic rings. The second-order valence-corrected chi connectivity index (χ2v) is 8.40. The van der Waals surface area contributed by atoms with E-state index in [1.165, 1.54) is 44.3 Å². The monoisotopic (exact) mass is 311 g/mol. The van der Waals surface area contributed by atoms with Crippen molar-refractivity contribution in [1.82, 2.24) is 5.32 Å². The maximum absolute atomic E-state index is 12.4. The van der Waals surface area contributed by atoms with Crippen molar-refractivity contribution in [3.63, 3.8) is 0 Å². The zero-order valence-electron chi connectivity index (χ0n) is 13.2. The summed E-state index contributed by atoms with van der Waals surface area (Å²) in [6, 6.07) is 0.563. The first-order valence-electron chi connectivity index (χ1n) is 8.78. The number of rotatable bonds is 7. The molecule has 0 radical (unpaired) electrons. The Hall–Kier alpha value is -0.220. The van der Waals surface area contributed by atoms with Gasteiger partial charge in [0, 0.05) is 11.3 Å². The van der Waals surface area contributed by atoms with Crippen LogP contribution in [0.25, 0.3) is 0 Å². The van der Waals surface area contributed by atoms with Gasteiger partial charge in [0.25, 0.3) is 0 Å². The molecule has 3 aliphatic rings. The van der Waals surface area contributed by atoms with Crippen molar-refractivity contribution in [2.45, 2.75) is 81.5 Å². The van der Waals surface area contributed by atoms with Gasteiger partial charge in [-0.2, -0.15) is 11.8 Å². The highest BCUT2D eigenvalue weighted by Crippen LogP contribution is 2.41. The molecule has 0 amide bonds. The van der Waals surface area contributed by atoms with Crippen molar-refractivity contribution in [3.05, 3.63) is 0 Å². The molecule has 0 heterocycles. The van der Waals surface area contributed by atoms with Crippen LogP contribution in [0.1, 0.15) is 64.7 Å². The lowest BCUT2D eigenvalue weighted by Crippen LogP contribution is -2.52. The summed E-state index contributed by atoms with van der Waals surface area (Å²) in [4.78, 5) is 12.4. The van der Waals surface area contributed by atoms with Gasteiger partial charge in [0.05, 0.1) is 6.61 Å². The molecule has 3 rings (SSSR count). The van der Waals surface area contributed by atoms with Crippen LogP contribution in [-0.4, -0.2) is 35.2 Å². The van der Waals surface area contributed by atoms with Crippen LogP contribution in [0.15, 0.2) is 0 Å². The van der Waals surface area contributed by atoms with Gasteiger partial charge in [-0.05, 0) is 63.5 Å². The minimum atomic E-state index is -0.371. The van der Waals surface area contributed by atoms with E-state index in [0.29, 0.717) is 17.9 Å². The number of hydrogen-bond donors (Lipinski definition) is 1. The molecule has 120 valence electrons. The van der Waals surface area contributed by atoms with E-state index in [1.807, 2.05) is 6.92 Å². The van der Waals surface area contributed by atoms with Crippen LogP contribution in [-0.2, 0) is 9.53 Å². The van der Waals surface area contributed by atoms with Crippen molar-refractivity contribution in [3.8, 4) is 0 Å². The van der Waals surface area contributed by atoms with Gasteiger partial charge >= 0.3 is 5.97 Å². The molecule has 2 atom stereocenters. The standard InChI is InChI=1S/C17H29NO2S/c1-2-20-16(19)17(18-14-7-8-14)10-9-15(11-17)21-12-13-5-3-4-6-13/h13-15,18H,2-12H2,1H3. The fraction of sp³-hybridized carbons (Fsp3) is 0.941. The molecule has 2 unspecified atom stereocenters. The van der Waals surface area contributed by atoms with E-state index in [1.54, 1.807) is 0 Å². The second-order valence-electron chi connectivity index (χ2n) is 7.07. The number of ether oxygens (including phenoxy) is 1. The quantitative estimate of drug-likeness (QED) is 0.730. The summed E-state index contributed by atoms with van der Waals surface area (Å²) in [6.07, 6.45) is 11.2. The van der Waals surface area contributed by atoms with Crippen LogP contribution in [0.3, 0.4) is 0 Å².